The third-order valence-corrected chi connectivity index (χ3v) is 3.50. The van der Waals surface area contributed by atoms with Crippen LogP contribution in [-0.4, -0.2) is 11.6 Å². The molecule has 0 heterocycles. The summed E-state index contributed by atoms with van der Waals surface area (Å²) in [5, 5.41) is 0. The van der Waals surface area contributed by atoms with Gasteiger partial charge in [0.05, 0.1) is 0 Å². The molecule has 1 atom stereocenters. The summed E-state index contributed by atoms with van der Waals surface area (Å²) in [6.07, 6.45) is 0.426. The maximum absolute atomic E-state index is 11.7. The molecule has 0 N–H and O–H groups in total. The van der Waals surface area contributed by atoms with E-state index in [1.807, 2.05) is 27.7 Å². The van der Waals surface area contributed by atoms with Crippen molar-refractivity contribution in [1.82, 2.24) is 0 Å². The summed E-state index contributed by atoms with van der Waals surface area (Å²) in [6.45, 7) is 9.45. The molecular formula is C12H18O2. The minimum Gasteiger partial charge on any atom is -0.300 e. The Bertz CT molecular complexity index is 321. The molecule has 1 rings (SSSR count). The maximum atomic E-state index is 11.7. The van der Waals surface area contributed by atoms with Crippen molar-refractivity contribution in [2.24, 2.45) is 11.3 Å². The lowest BCUT2D eigenvalue weighted by Crippen LogP contribution is -2.23. The van der Waals surface area contributed by atoms with E-state index >= 15 is 0 Å². The fourth-order valence-electron chi connectivity index (χ4n) is 2.16. The predicted octanol–water partition coefficient (Wildman–Crippen LogP) is 2.53. The monoisotopic (exact) mass is 194 g/mol. The maximum Gasteiger partial charge on any atom is 0.162 e. The number of allylic oxidation sites excluding steroid dienone is 2. The standard InChI is InChI=1S/C12H18O2/c1-7(13)6-10-8(2)11(14)9(3)12(10,4)5/h9H,6H2,1-5H3. The van der Waals surface area contributed by atoms with Crippen LogP contribution in [0.1, 0.15) is 41.0 Å². The zero-order valence-corrected chi connectivity index (χ0v) is 9.60. The van der Waals surface area contributed by atoms with Crippen LogP contribution in [0.5, 0.6) is 0 Å². The smallest absolute Gasteiger partial charge is 0.162 e. The summed E-state index contributed by atoms with van der Waals surface area (Å²) in [5.41, 5.74) is 1.69. The van der Waals surface area contributed by atoms with Gasteiger partial charge < -0.3 is 0 Å². The third-order valence-electron chi connectivity index (χ3n) is 3.50. The van der Waals surface area contributed by atoms with Gasteiger partial charge >= 0.3 is 0 Å². The molecule has 0 aromatic heterocycles. The molecule has 14 heavy (non-hydrogen) atoms. The highest BCUT2D eigenvalue weighted by atomic mass is 16.1. The van der Waals surface area contributed by atoms with Crippen LogP contribution in [0.4, 0.5) is 0 Å². The molecule has 1 unspecified atom stereocenters. The van der Waals surface area contributed by atoms with Gasteiger partial charge in [0.1, 0.15) is 5.78 Å². The highest BCUT2D eigenvalue weighted by molar-refractivity contribution is 6.02. The largest absolute Gasteiger partial charge is 0.300 e. The van der Waals surface area contributed by atoms with Crippen LogP contribution in [-0.2, 0) is 9.59 Å². The second kappa shape index (κ2) is 3.34. The average Bonchev–Trinajstić information content (AvgIpc) is 2.20. The SMILES string of the molecule is CC(=O)CC1=C(C)C(=O)C(C)C1(C)C. The fraction of sp³-hybridized carbons (Fsp3) is 0.667. The van der Waals surface area contributed by atoms with Crippen molar-refractivity contribution in [3.63, 3.8) is 0 Å². The van der Waals surface area contributed by atoms with Gasteiger partial charge in [-0.25, -0.2) is 0 Å². The van der Waals surface area contributed by atoms with E-state index < -0.39 is 0 Å². The zero-order chi connectivity index (χ0) is 11.1. The Morgan fingerprint density at radius 1 is 1.43 bits per heavy atom. The van der Waals surface area contributed by atoms with Crippen molar-refractivity contribution in [2.75, 3.05) is 0 Å². The van der Waals surface area contributed by atoms with Crippen molar-refractivity contribution < 1.29 is 9.59 Å². The van der Waals surface area contributed by atoms with Crippen LogP contribution in [0.15, 0.2) is 11.1 Å². The van der Waals surface area contributed by atoms with Gasteiger partial charge in [0.25, 0.3) is 0 Å². The summed E-state index contributed by atoms with van der Waals surface area (Å²) >= 11 is 0. The highest BCUT2D eigenvalue weighted by Crippen LogP contribution is 2.45. The Kier molecular flexibility index (Phi) is 2.66. The molecule has 78 valence electrons. The molecule has 0 bridgehead atoms. The Morgan fingerprint density at radius 3 is 2.21 bits per heavy atom. The van der Waals surface area contributed by atoms with Gasteiger partial charge in [0.15, 0.2) is 5.78 Å². The van der Waals surface area contributed by atoms with Crippen LogP contribution in [0, 0.1) is 11.3 Å². The Balaban J connectivity index is 3.12. The number of hydrogen-bond donors (Lipinski definition) is 0. The molecule has 2 heteroatoms. The molecule has 0 aliphatic heterocycles. The minimum absolute atomic E-state index is 0.0110. The van der Waals surface area contributed by atoms with Gasteiger partial charge in [-0.15, -0.1) is 0 Å². The Labute approximate surface area is 85.4 Å². The van der Waals surface area contributed by atoms with Crippen LogP contribution in [0.2, 0.25) is 0 Å². The lowest BCUT2D eigenvalue weighted by molar-refractivity contribution is -0.120. The van der Waals surface area contributed by atoms with Gasteiger partial charge in [-0.2, -0.15) is 0 Å². The second-order valence-corrected chi connectivity index (χ2v) is 4.79. The predicted molar refractivity (Wildman–Crippen MR) is 56.0 cm³/mol. The zero-order valence-electron chi connectivity index (χ0n) is 9.60. The van der Waals surface area contributed by atoms with Crippen molar-refractivity contribution in [2.45, 2.75) is 41.0 Å². The minimum atomic E-state index is -0.146. The number of carbonyl (C=O) groups is 2. The topological polar surface area (TPSA) is 34.1 Å². The van der Waals surface area contributed by atoms with Crippen molar-refractivity contribution in [1.29, 1.82) is 0 Å². The normalized spacial score (nSPS) is 25.8. The van der Waals surface area contributed by atoms with E-state index in [9.17, 15) is 9.59 Å². The number of hydrogen-bond acceptors (Lipinski definition) is 2. The fourth-order valence-corrected chi connectivity index (χ4v) is 2.16. The van der Waals surface area contributed by atoms with Gasteiger partial charge in [0, 0.05) is 12.3 Å². The van der Waals surface area contributed by atoms with E-state index in [2.05, 4.69) is 0 Å². The van der Waals surface area contributed by atoms with Crippen molar-refractivity contribution in [3.8, 4) is 0 Å². The summed E-state index contributed by atoms with van der Waals surface area (Å²) < 4.78 is 0. The first-order valence-corrected chi connectivity index (χ1v) is 5.02. The molecule has 2 nitrogen and oxygen atoms in total. The van der Waals surface area contributed by atoms with E-state index in [1.165, 1.54) is 0 Å². The summed E-state index contributed by atoms with van der Waals surface area (Å²) in [7, 11) is 0. The Hall–Kier alpha value is -0.920. The molecule has 0 fully saturated rings. The summed E-state index contributed by atoms with van der Waals surface area (Å²) in [4.78, 5) is 22.8. The third kappa shape index (κ3) is 1.54. The molecule has 0 radical (unpaired) electrons. The summed E-state index contributed by atoms with van der Waals surface area (Å²) in [5.74, 6) is 0.345. The molecule has 1 aliphatic rings. The van der Waals surface area contributed by atoms with Crippen LogP contribution < -0.4 is 0 Å². The number of ketones is 2. The lowest BCUT2D eigenvalue weighted by Gasteiger charge is -2.26. The molecule has 0 spiro atoms. The Morgan fingerprint density at radius 2 is 1.93 bits per heavy atom. The lowest BCUT2D eigenvalue weighted by atomic mass is 9.76. The number of Topliss-reactive ketones (excluding diaryl/α,β-unsaturated/α-hetero) is 2. The van der Waals surface area contributed by atoms with E-state index in [0.717, 1.165) is 11.1 Å². The van der Waals surface area contributed by atoms with E-state index in [1.54, 1.807) is 6.92 Å². The van der Waals surface area contributed by atoms with Gasteiger partial charge in [0.2, 0.25) is 0 Å². The molecule has 0 amide bonds. The first kappa shape index (κ1) is 11.2. The average molecular weight is 194 g/mol. The molecule has 0 aromatic carbocycles. The van der Waals surface area contributed by atoms with Crippen LogP contribution in [0.25, 0.3) is 0 Å². The molecular weight excluding hydrogens is 176 g/mol. The van der Waals surface area contributed by atoms with E-state index in [0.29, 0.717) is 6.42 Å². The van der Waals surface area contributed by atoms with Crippen LogP contribution >= 0.6 is 0 Å². The first-order valence-electron chi connectivity index (χ1n) is 5.02. The second-order valence-electron chi connectivity index (χ2n) is 4.79. The molecule has 0 saturated carbocycles. The van der Waals surface area contributed by atoms with Crippen molar-refractivity contribution >= 4 is 11.6 Å². The molecule has 0 saturated heterocycles. The summed E-state index contributed by atoms with van der Waals surface area (Å²) in [6, 6.07) is 0. The molecule has 0 aromatic rings. The van der Waals surface area contributed by atoms with Crippen molar-refractivity contribution in [3.05, 3.63) is 11.1 Å². The molecule has 1 aliphatic carbocycles. The first-order chi connectivity index (χ1) is 6.28. The van der Waals surface area contributed by atoms with Crippen LogP contribution in [0.3, 0.4) is 0 Å². The van der Waals surface area contributed by atoms with E-state index in [4.69, 9.17) is 0 Å². The van der Waals surface area contributed by atoms with Gasteiger partial charge in [-0.1, -0.05) is 26.3 Å². The highest BCUT2D eigenvalue weighted by Gasteiger charge is 2.43. The quantitative estimate of drug-likeness (QED) is 0.677. The number of rotatable bonds is 2. The van der Waals surface area contributed by atoms with Gasteiger partial charge in [-0.05, 0) is 24.8 Å². The van der Waals surface area contributed by atoms with Gasteiger partial charge in [-0.3, -0.25) is 9.59 Å². The number of carbonyl (C=O) groups excluding carboxylic acids is 2. The van der Waals surface area contributed by atoms with E-state index in [-0.39, 0.29) is 22.9 Å².